The van der Waals surface area contributed by atoms with Crippen LogP contribution in [0.4, 0.5) is 0 Å². The van der Waals surface area contributed by atoms with Crippen LogP contribution in [-0.4, -0.2) is 59.9 Å². The number of likely N-dealkylation sites (tertiary alicyclic amines) is 1. The summed E-state index contributed by atoms with van der Waals surface area (Å²) in [7, 11) is 1.79. The number of rotatable bonds is 6. The molecule has 0 aromatic carbocycles. The monoisotopic (exact) mass is 363 g/mol. The van der Waals surface area contributed by atoms with Crippen molar-refractivity contribution in [3.05, 3.63) is 17.5 Å². The van der Waals surface area contributed by atoms with E-state index in [1.165, 1.54) is 5.69 Å². The number of esters is 1. The normalized spacial score (nSPS) is 19.3. The number of aromatic nitrogens is 2. The molecule has 1 saturated heterocycles. The summed E-state index contributed by atoms with van der Waals surface area (Å²) in [6, 6.07) is 2.10. The molecule has 2 unspecified atom stereocenters. The third kappa shape index (κ3) is 5.47. The Morgan fingerprint density at radius 1 is 1.50 bits per heavy atom. The molecular formula is C19H33N5O2. The van der Waals surface area contributed by atoms with Gasteiger partial charge in [0.1, 0.15) is 0 Å². The lowest BCUT2D eigenvalue weighted by atomic mass is 9.98. The minimum absolute atomic E-state index is 0.0608. The molecule has 0 aliphatic carbocycles. The number of carbonyl (C=O) groups is 1. The van der Waals surface area contributed by atoms with Gasteiger partial charge in [0.25, 0.3) is 0 Å². The van der Waals surface area contributed by atoms with Crippen LogP contribution in [-0.2, 0) is 16.1 Å². The number of hydrogen-bond acceptors (Lipinski definition) is 4. The molecule has 0 amide bonds. The number of aryl methyl sites for hydroxylation is 2. The molecule has 0 spiro atoms. The van der Waals surface area contributed by atoms with E-state index in [0.29, 0.717) is 19.1 Å². The first-order valence-electron chi connectivity index (χ1n) is 9.57. The molecule has 0 radical (unpaired) electrons. The van der Waals surface area contributed by atoms with Crippen LogP contribution in [0.1, 0.15) is 38.1 Å². The Balaban J connectivity index is 1.86. The van der Waals surface area contributed by atoms with Crippen LogP contribution in [0.5, 0.6) is 0 Å². The topological polar surface area (TPSA) is 71.8 Å². The van der Waals surface area contributed by atoms with Crippen LogP contribution in [0.15, 0.2) is 11.1 Å². The molecule has 1 aromatic rings. The van der Waals surface area contributed by atoms with Crippen molar-refractivity contribution in [3.63, 3.8) is 0 Å². The van der Waals surface area contributed by atoms with Crippen LogP contribution >= 0.6 is 0 Å². The van der Waals surface area contributed by atoms with Gasteiger partial charge in [0.15, 0.2) is 5.96 Å². The van der Waals surface area contributed by atoms with E-state index < -0.39 is 0 Å². The zero-order valence-corrected chi connectivity index (χ0v) is 16.8. The number of hydrogen-bond donors (Lipinski definition) is 1. The highest BCUT2D eigenvalue weighted by molar-refractivity contribution is 5.81. The van der Waals surface area contributed by atoms with Gasteiger partial charge in [-0.25, -0.2) is 0 Å². The summed E-state index contributed by atoms with van der Waals surface area (Å²) in [6.45, 7) is 11.9. The van der Waals surface area contributed by atoms with E-state index in [2.05, 4.69) is 44.9 Å². The van der Waals surface area contributed by atoms with E-state index in [4.69, 9.17) is 4.74 Å². The van der Waals surface area contributed by atoms with Gasteiger partial charge in [-0.1, -0.05) is 6.92 Å². The van der Waals surface area contributed by atoms with Crippen molar-refractivity contribution < 1.29 is 9.53 Å². The van der Waals surface area contributed by atoms with E-state index in [-0.39, 0.29) is 11.9 Å². The number of carbonyl (C=O) groups excluding carboxylic acids is 1. The zero-order valence-electron chi connectivity index (χ0n) is 16.8. The zero-order chi connectivity index (χ0) is 19.1. The fourth-order valence-corrected chi connectivity index (χ4v) is 3.44. The van der Waals surface area contributed by atoms with Crippen LogP contribution < -0.4 is 5.32 Å². The average Bonchev–Trinajstić information content (AvgIpc) is 2.93. The summed E-state index contributed by atoms with van der Waals surface area (Å²) in [6.07, 6.45) is 1.87. The van der Waals surface area contributed by atoms with Gasteiger partial charge in [0, 0.05) is 38.9 Å². The molecule has 1 aliphatic rings. The lowest BCUT2D eigenvalue weighted by Crippen LogP contribution is -2.49. The van der Waals surface area contributed by atoms with Gasteiger partial charge >= 0.3 is 5.97 Å². The molecular weight excluding hydrogens is 330 g/mol. The van der Waals surface area contributed by atoms with Gasteiger partial charge in [-0.3, -0.25) is 14.5 Å². The van der Waals surface area contributed by atoms with Crippen LogP contribution in [0.2, 0.25) is 0 Å². The highest BCUT2D eigenvalue weighted by Crippen LogP contribution is 2.18. The van der Waals surface area contributed by atoms with Gasteiger partial charge in [-0.05, 0) is 45.6 Å². The van der Waals surface area contributed by atoms with Gasteiger partial charge in [-0.15, -0.1) is 0 Å². The van der Waals surface area contributed by atoms with Crippen molar-refractivity contribution in [3.8, 4) is 0 Å². The Hall–Kier alpha value is -2.05. The third-order valence-corrected chi connectivity index (χ3v) is 4.75. The first-order valence-corrected chi connectivity index (χ1v) is 9.57. The number of guanidine groups is 1. The molecule has 2 atom stereocenters. The summed E-state index contributed by atoms with van der Waals surface area (Å²) < 4.78 is 7.24. The lowest BCUT2D eigenvalue weighted by molar-refractivity contribution is -0.149. The number of nitrogens with zero attached hydrogens (tertiary/aromatic N) is 4. The second-order valence-electron chi connectivity index (χ2n) is 7.18. The van der Waals surface area contributed by atoms with Crippen LogP contribution in [0.3, 0.4) is 0 Å². The largest absolute Gasteiger partial charge is 0.466 e. The van der Waals surface area contributed by atoms with Crippen molar-refractivity contribution in [2.24, 2.45) is 16.8 Å². The molecule has 0 saturated carbocycles. The molecule has 1 aliphatic heterocycles. The molecule has 1 aromatic heterocycles. The Labute approximate surface area is 156 Å². The number of piperidine rings is 1. The fourth-order valence-electron chi connectivity index (χ4n) is 3.44. The molecule has 7 heteroatoms. The number of ether oxygens (including phenoxy) is 1. The van der Waals surface area contributed by atoms with Crippen molar-refractivity contribution >= 4 is 11.9 Å². The molecule has 7 nitrogen and oxygen atoms in total. The van der Waals surface area contributed by atoms with Gasteiger partial charge < -0.3 is 15.0 Å². The second kappa shape index (κ2) is 9.59. The van der Waals surface area contributed by atoms with Gasteiger partial charge in [0.05, 0.1) is 18.2 Å². The summed E-state index contributed by atoms with van der Waals surface area (Å²) in [4.78, 5) is 18.6. The first-order chi connectivity index (χ1) is 12.4. The van der Waals surface area contributed by atoms with Crippen LogP contribution in [0, 0.1) is 25.7 Å². The second-order valence-corrected chi connectivity index (χ2v) is 7.18. The van der Waals surface area contributed by atoms with Gasteiger partial charge in [0.2, 0.25) is 0 Å². The third-order valence-electron chi connectivity index (χ3n) is 4.75. The molecule has 1 fully saturated rings. The average molecular weight is 364 g/mol. The van der Waals surface area contributed by atoms with E-state index in [1.54, 1.807) is 7.05 Å². The van der Waals surface area contributed by atoms with Gasteiger partial charge in [-0.2, -0.15) is 5.10 Å². The Morgan fingerprint density at radius 2 is 2.27 bits per heavy atom. The summed E-state index contributed by atoms with van der Waals surface area (Å²) in [5.74, 6) is 1.12. The Bertz CT molecular complexity index is 625. The van der Waals surface area contributed by atoms with Crippen LogP contribution in [0.25, 0.3) is 0 Å². The quantitative estimate of drug-likeness (QED) is 0.475. The van der Waals surface area contributed by atoms with E-state index in [1.807, 2.05) is 13.8 Å². The number of nitrogens with one attached hydrogen (secondary N) is 1. The lowest BCUT2D eigenvalue weighted by Gasteiger charge is -2.34. The highest BCUT2D eigenvalue weighted by atomic mass is 16.5. The van der Waals surface area contributed by atoms with Crippen molar-refractivity contribution in [1.29, 1.82) is 0 Å². The maximum absolute atomic E-state index is 12.0. The van der Waals surface area contributed by atoms with Crippen molar-refractivity contribution in [1.82, 2.24) is 20.0 Å². The molecule has 2 heterocycles. The van der Waals surface area contributed by atoms with Crippen molar-refractivity contribution in [2.75, 3.05) is 33.3 Å². The van der Waals surface area contributed by atoms with E-state index in [0.717, 1.165) is 44.1 Å². The van der Waals surface area contributed by atoms with E-state index >= 15 is 0 Å². The fraction of sp³-hybridized carbons (Fsp3) is 0.737. The number of aliphatic imine (C=N–C) groups is 1. The molecule has 2 rings (SSSR count). The predicted octanol–water partition coefficient (Wildman–Crippen LogP) is 1.99. The molecule has 0 bridgehead atoms. The Kier molecular flexibility index (Phi) is 7.48. The first kappa shape index (κ1) is 20.3. The Morgan fingerprint density at radius 3 is 2.88 bits per heavy atom. The van der Waals surface area contributed by atoms with Crippen molar-refractivity contribution in [2.45, 2.75) is 47.1 Å². The smallest absolute Gasteiger partial charge is 0.310 e. The summed E-state index contributed by atoms with van der Waals surface area (Å²) in [5.41, 5.74) is 2.24. The van der Waals surface area contributed by atoms with E-state index in [9.17, 15) is 4.79 Å². The maximum Gasteiger partial charge on any atom is 0.310 e. The highest BCUT2D eigenvalue weighted by Gasteiger charge is 2.28. The molecule has 146 valence electrons. The summed E-state index contributed by atoms with van der Waals surface area (Å²) >= 11 is 0. The summed E-state index contributed by atoms with van der Waals surface area (Å²) in [5, 5.41) is 7.99. The predicted molar refractivity (Wildman–Crippen MR) is 103 cm³/mol. The SMILES string of the molecule is CCOC(=O)C1CCCN(C(=NC)NCC(C)Cn2nc(C)cc2C)C1. The molecule has 26 heavy (non-hydrogen) atoms. The standard InChI is InChI=1S/C19H33N5O2/c1-6-26-18(25)17-8-7-9-23(13-17)19(20-5)21-11-14(2)12-24-16(4)10-15(3)22-24/h10,14,17H,6-9,11-13H2,1-5H3,(H,20,21). The molecule has 1 N–H and O–H groups in total. The minimum Gasteiger partial charge on any atom is -0.466 e. The maximum atomic E-state index is 12.0. The minimum atomic E-state index is -0.0921.